The lowest BCUT2D eigenvalue weighted by Gasteiger charge is -2.18. The fraction of sp³-hybridized carbons (Fsp3) is 0.140. The number of nitro groups is 1. The van der Waals surface area contributed by atoms with Crippen molar-refractivity contribution in [1.29, 1.82) is 0 Å². The van der Waals surface area contributed by atoms with Gasteiger partial charge in [-0.1, -0.05) is 189 Å². The Labute approximate surface area is 576 Å². The third-order valence-electron chi connectivity index (χ3n) is 9.46. The minimum Gasteiger partial charge on any atom is -0.382 e. The van der Waals surface area contributed by atoms with Gasteiger partial charge in [-0.3, -0.25) is 24.4 Å². The van der Waals surface area contributed by atoms with Crippen LogP contribution in [0.5, 0.6) is 5.75 Å². The van der Waals surface area contributed by atoms with E-state index in [0.717, 1.165) is 65.8 Å². The van der Waals surface area contributed by atoms with Crippen LogP contribution in [-0.2, 0) is 26.1 Å². The quantitative estimate of drug-likeness (QED) is 0.0142. The summed E-state index contributed by atoms with van der Waals surface area (Å²) in [5, 5.41) is 16.2. The number of carbonyl (C=O) groups is 1. The highest BCUT2D eigenvalue weighted by atomic mass is 35.6. The summed E-state index contributed by atoms with van der Waals surface area (Å²) in [5.41, 5.74) is 2.70. The molecule has 7 aromatic carbocycles. The summed E-state index contributed by atoms with van der Waals surface area (Å²) in [6.45, 7) is 3.74. The van der Waals surface area contributed by atoms with E-state index in [1.165, 1.54) is 66.7 Å². The normalized spacial score (nSPS) is 11.8. The molecule has 11 nitrogen and oxygen atoms in total. The van der Waals surface area contributed by atoms with Gasteiger partial charge in [0.25, 0.3) is 5.69 Å². The number of thioether (sulfide) groups is 1. The van der Waals surface area contributed by atoms with Crippen molar-refractivity contribution in [2.75, 3.05) is 27.3 Å². The topological polar surface area (TPSA) is 157 Å². The van der Waals surface area contributed by atoms with Crippen molar-refractivity contribution < 1.29 is 48.5 Å². The van der Waals surface area contributed by atoms with Gasteiger partial charge in [0.05, 0.1) is 61.9 Å². The van der Waals surface area contributed by atoms with Crippen LogP contribution in [0.25, 0.3) is 0 Å². The maximum Gasteiger partial charge on any atom is 0.463 e. The van der Waals surface area contributed by atoms with Gasteiger partial charge in [-0.2, -0.15) is 26.2 Å². The van der Waals surface area contributed by atoms with Crippen molar-refractivity contribution in [3.05, 3.63) is 189 Å². The number of nitro benzene ring substituents is 1. The molecule has 464 valence electrons. The number of alkyl halides is 8. The van der Waals surface area contributed by atoms with Gasteiger partial charge in [-0.25, -0.2) is 8.42 Å². The minimum absolute atomic E-state index is 0.0234. The summed E-state index contributed by atoms with van der Waals surface area (Å²) in [6, 6.07) is 34.2. The average molecular weight is 1580 g/mol. The zero-order chi connectivity index (χ0) is 64.5. The molecule has 7 rings (SSSR count). The van der Waals surface area contributed by atoms with E-state index in [0.29, 0.717) is 66.2 Å². The summed E-state index contributed by atoms with van der Waals surface area (Å²) in [4.78, 5) is 26.0. The summed E-state index contributed by atoms with van der Waals surface area (Å²) in [6.07, 6.45) is -2.95. The second-order valence-electron chi connectivity index (χ2n) is 16.2. The van der Waals surface area contributed by atoms with Gasteiger partial charge in [-0.05, 0) is 156 Å². The van der Waals surface area contributed by atoms with Crippen molar-refractivity contribution >= 4 is 254 Å². The SMILES string of the molecule is CSc1cc(Cl)c(Cl)cc1Cl.Cc1cc(Cl)c(OS(=O)Nc2ccc(SSc3cc(Cl)c(Cl)cc3Cl)cc2)c(Cl)c1.Cc1ccc(NS(C)(=O)=O)c(SSc2ccccc2[N+](=O)[O-])c1.O=C(Nc1ccc(SSC(Cl)(Cl)Cl)cc1)C(F)(F)C(F)(F)F. The van der Waals surface area contributed by atoms with E-state index in [9.17, 15) is 49.5 Å². The van der Waals surface area contributed by atoms with Crippen LogP contribution in [0.15, 0.2) is 157 Å². The highest BCUT2D eigenvalue weighted by Gasteiger charge is 2.63. The number of nitrogens with one attached hydrogen (secondary N) is 3. The molecule has 0 aliphatic rings. The fourth-order valence-corrected chi connectivity index (χ4v) is 16.5. The third kappa shape index (κ3) is 26.1. The molecule has 3 N–H and O–H groups in total. The molecule has 36 heteroatoms. The standard InChI is InChI=1S/C19H12Cl5NO2S3.C14H14N2O4S3.C10H5Cl3F5NOS2.C7H5Cl3S/c1-10-6-16(23)19(17(24)7-10)27-30(26)25-11-2-4-12(5-3-11)28-29-18-9-14(21)13(20)8-15(18)22;1-10-7-8-11(15-23(2,19)20)14(9-10)22-21-13-6-4-3-5-12(13)16(17)18;11-10(12,13)22-21-6-3-1-5(2-4-6)19-7(20)8(14,15)9(16,17)18;1-11-7-3-5(9)4(8)2-6(7)10/h2-9,25H,1H3;3-9,15H,1-2H3;1-4H,(H,19,20);2-3H,1H3. The summed E-state index contributed by atoms with van der Waals surface area (Å²) >= 11 is 63.9. The molecule has 0 bridgehead atoms. The molecule has 0 saturated heterocycles. The Kier molecular flexibility index (Phi) is 31.5. The van der Waals surface area contributed by atoms with E-state index in [-0.39, 0.29) is 17.1 Å². The Morgan fingerprint density at radius 3 is 1.60 bits per heavy atom. The molecule has 0 fully saturated rings. The number of hydrogen-bond acceptors (Lipinski definition) is 14. The largest absolute Gasteiger partial charge is 0.463 e. The zero-order valence-electron chi connectivity index (χ0n) is 43.2. The number of anilines is 3. The smallest absolute Gasteiger partial charge is 0.382 e. The second-order valence-corrected chi connectivity index (χ2v) is 32.7. The van der Waals surface area contributed by atoms with E-state index in [1.807, 2.05) is 38.3 Å². The predicted octanol–water partition coefficient (Wildman–Crippen LogP) is 23.5. The van der Waals surface area contributed by atoms with Crippen molar-refractivity contribution in [3.8, 4) is 5.75 Å². The molecule has 0 aromatic heterocycles. The third-order valence-corrected chi connectivity index (χ3v) is 23.1. The first-order chi connectivity index (χ1) is 40.0. The molecule has 7 aromatic rings. The van der Waals surface area contributed by atoms with Gasteiger partial charge in [-0.15, -0.1) is 11.8 Å². The van der Waals surface area contributed by atoms with E-state index in [2.05, 4.69) is 9.44 Å². The van der Waals surface area contributed by atoms with Crippen molar-refractivity contribution in [2.45, 2.75) is 58.4 Å². The number of sulfonamides is 1. The zero-order valence-corrected chi connectivity index (χ0v) is 58.8. The Bertz CT molecular complexity index is 3630. The van der Waals surface area contributed by atoms with E-state index < -0.39 is 47.3 Å². The number of benzene rings is 7. The highest BCUT2D eigenvalue weighted by Crippen LogP contribution is 2.50. The number of nitrogens with zero attached hydrogens (tertiary/aromatic N) is 1. The summed E-state index contributed by atoms with van der Waals surface area (Å²) < 4.78 is 106. The first-order valence-corrected chi connectivity index (χ1v) is 37.3. The molecule has 1 atom stereocenters. The van der Waals surface area contributed by atoms with E-state index in [1.54, 1.807) is 90.6 Å². The van der Waals surface area contributed by atoms with Crippen molar-refractivity contribution in [2.24, 2.45) is 0 Å². The fourth-order valence-electron chi connectivity index (χ4n) is 5.64. The predicted molar refractivity (Wildman–Crippen MR) is 361 cm³/mol. The maximum atomic E-state index is 12.8. The first-order valence-electron chi connectivity index (χ1n) is 22.5. The molecule has 1 unspecified atom stereocenters. The Hall–Kier alpha value is -1.80. The molecule has 0 aliphatic heterocycles. The Morgan fingerprint density at radius 2 is 1.08 bits per heavy atom. The van der Waals surface area contributed by atoms with Crippen LogP contribution < -0.4 is 18.9 Å². The molecular formula is C50H36Cl11F5N4O7S9. The number of hydrogen-bond donors (Lipinski definition) is 3. The first kappa shape index (κ1) is 76.7. The number of halogens is 16. The number of rotatable bonds is 18. The average Bonchev–Trinajstić information content (AvgIpc) is 3.16. The number of amides is 1. The number of para-hydroxylation sites is 1. The Balaban J connectivity index is 0.000000257. The monoisotopic (exact) mass is 1570 g/mol. The van der Waals surface area contributed by atoms with Crippen LogP contribution in [0.1, 0.15) is 11.1 Å². The number of carbonyl (C=O) groups excluding carboxylic acids is 1. The maximum absolute atomic E-state index is 12.8. The lowest BCUT2D eigenvalue weighted by molar-refractivity contribution is -0.387. The highest BCUT2D eigenvalue weighted by molar-refractivity contribution is 8.78. The van der Waals surface area contributed by atoms with Gasteiger partial charge in [0.15, 0.2) is 5.75 Å². The van der Waals surface area contributed by atoms with Crippen LogP contribution >= 0.6 is 204 Å². The Morgan fingerprint density at radius 1 is 0.593 bits per heavy atom. The summed E-state index contributed by atoms with van der Waals surface area (Å²) in [7, 11) is 3.96. The second kappa shape index (κ2) is 35.3. The minimum atomic E-state index is -5.96. The van der Waals surface area contributed by atoms with Crippen LogP contribution in [0.2, 0.25) is 40.2 Å². The van der Waals surface area contributed by atoms with Crippen LogP contribution in [0, 0.1) is 24.0 Å². The molecule has 1 amide bonds. The van der Waals surface area contributed by atoms with Gasteiger partial charge < -0.3 is 9.50 Å². The van der Waals surface area contributed by atoms with Gasteiger partial charge in [0, 0.05) is 41.9 Å². The lowest BCUT2D eigenvalue weighted by Crippen LogP contribution is -2.47. The van der Waals surface area contributed by atoms with Crippen LogP contribution in [-0.4, -0.2) is 51.2 Å². The molecule has 0 spiro atoms. The van der Waals surface area contributed by atoms with Crippen LogP contribution in [0.4, 0.5) is 44.7 Å². The van der Waals surface area contributed by atoms with Gasteiger partial charge >= 0.3 is 29.3 Å². The van der Waals surface area contributed by atoms with Crippen molar-refractivity contribution in [1.82, 2.24) is 0 Å². The molecule has 86 heavy (non-hydrogen) atoms. The molecular weight excluding hydrogens is 1540 g/mol. The van der Waals surface area contributed by atoms with Crippen molar-refractivity contribution in [3.63, 3.8) is 0 Å². The lowest BCUT2D eigenvalue weighted by atomic mass is 10.2. The molecule has 0 heterocycles. The molecule has 0 saturated carbocycles. The number of aryl methyl sites for hydroxylation is 2. The molecule has 0 radical (unpaired) electrons. The van der Waals surface area contributed by atoms with E-state index in [4.69, 9.17) is 132 Å². The van der Waals surface area contributed by atoms with Gasteiger partial charge in [0.1, 0.15) is 0 Å². The molecule has 0 aliphatic carbocycles. The van der Waals surface area contributed by atoms with Gasteiger partial charge in [0.2, 0.25) is 13.1 Å². The van der Waals surface area contributed by atoms with Crippen LogP contribution in [0.3, 0.4) is 0 Å². The summed E-state index contributed by atoms with van der Waals surface area (Å²) in [5.74, 6) is -7.78. The van der Waals surface area contributed by atoms with E-state index >= 15 is 0 Å².